The molecule has 0 spiro atoms. The predicted molar refractivity (Wildman–Crippen MR) is 121 cm³/mol. The first-order chi connectivity index (χ1) is 13.5. The molecule has 1 aromatic carbocycles. The summed E-state index contributed by atoms with van der Waals surface area (Å²) in [6, 6.07) is 8.68. The van der Waals surface area contributed by atoms with Gasteiger partial charge < -0.3 is 19.0 Å². The van der Waals surface area contributed by atoms with Gasteiger partial charge in [-0.15, -0.1) is 0 Å². The molecule has 0 bridgehead atoms. The fourth-order valence-electron chi connectivity index (χ4n) is 2.81. The SMILES string of the molecule is C=C(C)O.CC(C)CC(C)(C)C.COCCCOc1cc(=O)oc2ccccc12. The average Bonchev–Trinajstić information content (AvgIpc) is 2.56. The van der Waals surface area contributed by atoms with Crippen molar-refractivity contribution in [3.8, 4) is 5.75 Å². The number of hydrogen-bond acceptors (Lipinski definition) is 5. The van der Waals surface area contributed by atoms with E-state index in [4.69, 9.17) is 19.0 Å². The summed E-state index contributed by atoms with van der Waals surface area (Å²) in [6.45, 7) is 17.2. The molecule has 0 fully saturated rings. The van der Waals surface area contributed by atoms with Crippen LogP contribution in [-0.2, 0) is 4.74 Å². The maximum Gasteiger partial charge on any atom is 0.339 e. The number of hydrogen-bond donors (Lipinski definition) is 1. The van der Waals surface area contributed by atoms with Gasteiger partial charge in [0.15, 0.2) is 0 Å². The number of rotatable bonds is 6. The Morgan fingerprint density at radius 1 is 1.21 bits per heavy atom. The van der Waals surface area contributed by atoms with Gasteiger partial charge in [-0.1, -0.05) is 53.3 Å². The molecule has 2 aromatic rings. The summed E-state index contributed by atoms with van der Waals surface area (Å²) in [7, 11) is 1.65. The number of aliphatic hydroxyl groups excluding tert-OH is 1. The first kappa shape index (κ1) is 26.7. The zero-order valence-corrected chi connectivity index (χ0v) is 19.1. The zero-order chi connectivity index (χ0) is 22.4. The molecular weight excluding hydrogens is 368 g/mol. The Labute approximate surface area is 175 Å². The Morgan fingerprint density at radius 3 is 2.28 bits per heavy atom. The molecule has 0 aliphatic carbocycles. The fraction of sp³-hybridized carbons (Fsp3) is 0.542. The maximum atomic E-state index is 11.3. The van der Waals surface area contributed by atoms with Gasteiger partial charge in [-0.05, 0) is 36.8 Å². The molecule has 0 radical (unpaired) electrons. The van der Waals surface area contributed by atoms with Crippen LogP contribution in [0.3, 0.4) is 0 Å². The minimum Gasteiger partial charge on any atom is -0.513 e. The van der Waals surface area contributed by atoms with E-state index >= 15 is 0 Å². The second-order valence-electron chi connectivity index (χ2n) is 8.51. The number of ether oxygens (including phenoxy) is 2. The molecular formula is C24H38O5. The number of allylic oxidation sites excluding steroid dienone is 1. The van der Waals surface area contributed by atoms with Gasteiger partial charge in [-0.3, -0.25) is 0 Å². The highest BCUT2D eigenvalue weighted by Gasteiger charge is 2.11. The molecule has 1 N–H and O–H groups in total. The van der Waals surface area contributed by atoms with Gasteiger partial charge in [0.25, 0.3) is 0 Å². The lowest BCUT2D eigenvalue weighted by atomic mass is 9.86. The van der Waals surface area contributed by atoms with Crippen LogP contribution < -0.4 is 10.4 Å². The van der Waals surface area contributed by atoms with Gasteiger partial charge in [-0.25, -0.2) is 4.79 Å². The third-order valence-corrected chi connectivity index (χ3v) is 3.38. The van der Waals surface area contributed by atoms with Crippen molar-refractivity contribution in [2.75, 3.05) is 20.3 Å². The Balaban J connectivity index is 0.000000547. The molecule has 0 aliphatic heterocycles. The Kier molecular flexibility index (Phi) is 12.7. The van der Waals surface area contributed by atoms with Gasteiger partial charge in [0.2, 0.25) is 0 Å². The normalized spacial score (nSPS) is 10.6. The van der Waals surface area contributed by atoms with Crippen molar-refractivity contribution in [2.24, 2.45) is 11.3 Å². The van der Waals surface area contributed by atoms with Crippen LogP contribution in [0.15, 0.2) is 51.9 Å². The third kappa shape index (κ3) is 14.4. The van der Waals surface area contributed by atoms with Crippen LogP contribution >= 0.6 is 0 Å². The second-order valence-corrected chi connectivity index (χ2v) is 8.51. The van der Waals surface area contributed by atoms with E-state index in [1.54, 1.807) is 13.2 Å². The summed E-state index contributed by atoms with van der Waals surface area (Å²) in [6.07, 6.45) is 2.11. The van der Waals surface area contributed by atoms with Gasteiger partial charge in [0.1, 0.15) is 11.3 Å². The summed E-state index contributed by atoms with van der Waals surface area (Å²) >= 11 is 0. The summed E-state index contributed by atoms with van der Waals surface area (Å²) < 4.78 is 15.6. The van der Waals surface area contributed by atoms with Crippen molar-refractivity contribution in [1.29, 1.82) is 0 Å². The largest absolute Gasteiger partial charge is 0.513 e. The quantitative estimate of drug-likeness (QED) is 0.343. The molecule has 2 rings (SSSR count). The molecule has 0 unspecified atom stereocenters. The molecule has 164 valence electrons. The third-order valence-electron chi connectivity index (χ3n) is 3.38. The van der Waals surface area contributed by atoms with Gasteiger partial charge >= 0.3 is 5.63 Å². The minimum atomic E-state index is -0.398. The van der Waals surface area contributed by atoms with Crippen molar-refractivity contribution < 1.29 is 19.0 Å². The topological polar surface area (TPSA) is 68.9 Å². The van der Waals surface area contributed by atoms with Crippen molar-refractivity contribution in [3.05, 3.63) is 53.1 Å². The highest BCUT2D eigenvalue weighted by molar-refractivity contribution is 5.82. The van der Waals surface area contributed by atoms with E-state index in [0.717, 1.165) is 17.7 Å². The minimum absolute atomic E-state index is 0.167. The van der Waals surface area contributed by atoms with Crippen LogP contribution in [-0.4, -0.2) is 25.4 Å². The average molecular weight is 407 g/mol. The zero-order valence-electron chi connectivity index (χ0n) is 19.1. The number of methoxy groups -OCH3 is 1. The van der Waals surface area contributed by atoms with E-state index in [9.17, 15) is 4.79 Å². The second kappa shape index (κ2) is 13.8. The maximum absolute atomic E-state index is 11.3. The van der Waals surface area contributed by atoms with E-state index in [1.807, 2.05) is 18.2 Å². The molecule has 0 amide bonds. The van der Waals surface area contributed by atoms with Crippen LogP contribution in [0, 0.1) is 11.3 Å². The van der Waals surface area contributed by atoms with E-state index in [0.29, 0.717) is 30.0 Å². The number of aliphatic hydroxyl groups is 1. The number of para-hydroxylation sites is 1. The van der Waals surface area contributed by atoms with Crippen LogP contribution in [0.25, 0.3) is 11.0 Å². The summed E-state index contributed by atoms with van der Waals surface area (Å²) in [5.74, 6) is 1.57. The molecule has 1 aromatic heterocycles. The molecule has 1 heterocycles. The first-order valence-corrected chi connectivity index (χ1v) is 9.95. The predicted octanol–water partition coefficient (Wildman–Crippen LogP) is 6.36. The van der Waals surface area contributed by atoms with Crippen molar-refractivity contribution >= 4 is 11.0 Å². The van der Waals surface area contributed by atoms with Crippen LogP contribution in [0.1, 0.15) is 54.4 Å². The van der Waals surface area contributed by atoms with Crippen molar-refractivity contribution in [1.82, 2.24) is 0 Å². The van der Waals surface area contributed by atoms with Crippen LogP contribution in [0.5, 0.6) is 5.75 Å². The van der Waals surface area contributed by atoms with Gasteiger partial charge in [-0.2, -0.15) is 0 Å². The summed E-state index contributed by atoms with van der Waals surface area (Å²) in [5.41, 5.74) is 0.668. The summed E-state index contributed by atoms with van der Waals surface area (Å²) in [5, 5.41) is 8.67. The fourth-order valence-corrected chi connectivity index (χ4v) is 2.81. The molecule has 0 saturated carbocycles. The lowest BCUT2D eigenvalue weighted by molar-refractivity contribution is 0.172. The van der Waals surface area contributed by atoms with E-state index < -0.39 is 5.63 Å². The number of fused-ring (bicyclic) bond motifs is 1. The molecule has 0 saturated heterocycles. The Hall–Kier alpha value is -2.27. The van der Waals surface area contributed by atoms with E-state index in [-0.39, 0.29) is 5.76 Å². The van der Waals surface area contributed by atoms with Gasteiger partial charge in [0, 0.05) is 20.1 Å². The van der Waals surface area contributed by atoms with Crippen molar-refractivity contribution in [2.45, 2.75) is 54.4 Å². The molecule has 0 atom stereocenters. The molecule has 5 heteroatoms. The molecule has 0 aliphatic rings. The van der Waals surface area contributed by atoms with Crippen LogP contribution in [0.2, 0.25) is 0 Å². The highest BCUT2D eigenvalue weighted by Crippen LogP contribution is 2.23. The number of benzene rings is 1. The van der Waals surface area contributed by atoms with Gasteiger partial charge in [0.05, 0.1) is 23.8 Å². The molecule has 29 heavy (non-hydrogen) atoms. The summed E-state index contributed by atoms with van der Waals surface area (Å²) in [4.78, 5) is 11.3. The Bertz CT molecular complexity index is 765. The van der Waals surface area contributed by atoms with E-state index in [1.165, 1.54) is 19.4 Å². The standard InChI is InChI=1S/C13H14O4.C8H18.C3H6O/c1-15-7-4-8-16-12-9-13(14)17-11-6-3-2-5-10(11)12;1-7(2)6-8(3,4)5;1-3(2)4/h2-3,5-6,9H,4,7-8H2,1H3;7H,6H2,1-5H3;4H,1H2,2H3. The molecule has 5 nitrogen and oxygen atoms in total. The van der Waals surface area contributed by atoms with E-state index in [2.05, 4.69) is 41.2 Å². The smallest absolute Gasteiger partial charge is 0.339 e. The highest BCUT2D eigenvalue weighted by atomic mass is 16.5. The first-order valence-electron chi connectivity index (χ1n) is 9.95. The lowest BCUT2D eigenvalue weighted by Gasteiger charge is -2.19. The Morgan fingerprint density at radius 2 is 1.79 bits per heavy atom. The van der Waals surface area contributed by atoms with Crippen molar-refractivity contribution in [3.63, 3.8) is 0 Å². The lowest BCUT2D eigenvalue weighted by Crippen LogP contribution is -2.08. The monoisotopic (exact) mass is 406 g/mol. The van der Waals surface area contributed by atoms with Crippen LogP contribution in [0.4, 0.5) is 0 Å².